The molecule has 2 rings (SSSR count). The molecule has 0 aromatic heterocycles. The van der Waals surface area contributed by atoms with E-state index in [9.17, 15) is 4.79 Å². The molecule has 1 atom stereocenters. The highest BCUT2D eigenvalue weighted by Crippen LogP contribution is 2.39. The van der Waals surface area contributed by atoms with E-state index in [-0.39, 0.29) is 11.8 Å². The van der Waals surface area contributed by atoms with Gasteiger partial charge in [0.1, 0.15) is 0 Å². The van der Waals surface area contributed by atoms with E-state index in [1.807, 2.05) is 18.7 Å². The second-order valence-corrected chi connectivity index (χ2v) is 6.40. The molecule has 0 saturated carbocycles. The summed E-state index contributed by atoms with van der Waals surface area (Å²) in [6.07, 6.45) is 0. The number of hydrogen-bond acceptors (Lipinski definition) is 3. The summed E-state index contributed by atoms with van der Waals surface area (Å²) >= 11 is 17.9. The summed E-state index contributed by atoms with van der Waals surface area (Å²) in [7, 11) is 1.50. The lowest BCUT2D eigenvalue weighted by Gasteiger charge is -2.37. The van der Waals surface area contributed by atoms with Crippen LogP contribution in [0.4, 0.5) is 0 Å². The van der Waals surface area contributed by atoms with Crippen LogP contribution in [-0.2, 0) is 4.79 Å². The molecule has 1 heterocycles. The van der Waals surface area contributed by atoms with Crippen LogP contribution in [0, 0.1) is 0 Å². The zero-order valence-electron chi connectivity index (χ0n) is 13.4. The van der Waals surface area contributed by atoms with Crippen LogP contribution in [0.2, 0.25) is 10.0 Å². The van der Waals surface area contributed by atoms with Crippen LogP contribution in [0.3, 0.4) is 0 Å². The first kappa shape index (κ1) is 18.0. The Labute approximate surface area is 151 Å². The highest BCUT2D eigenvalue weighted by atomic mass is 35.5. The van der Waals surface area contributed by atoms with Crippen molar-refractivity contribution in [1.82, 2.24) is 10.2 Å². The average Bonchev–Trinajstić information content (AvgIpc) is 2.46. The number of nitrogens with one attached hydrogen (secondary N) is 1. The van der Waals surface area contributed by atoms with Gasteiger partial charge in [0.2, 0.25) is 0 Å². The number of methoxy groups -OCH3 is 1. The maximum Gasteiger partial charge on any atom is 0.173 e. The van der Waals surface area contributed by atoms with Gasteiger partial charge in [0.05, 0.1) is 23.2 Å². The molecule has 0 aliphatic carbocycles. The van der Waals surface area contributed by atoms with Crippen LogP contribution in [0.5, 0.6) is 5.75 Å². The van der Waals surface area contributed by atoms with Crippen molar-refractivity contribution in [2.45, 2.75) is 26.8 Å². The number of carbonyl (C=O) groups is 1. The Kier molecular flexibility index (Phi) is 5.55. The first-order chi connectivity index (χ1) is 10.8. The number of Topliss-reactive ketones (excluding diaryl/α,β-unsaturated/α-hetero) is 1. The second kappa shape index (κ2) is 7.07. The van der Waals surface area contributed by atoms with Crippen LogP contribution in [0.25, 0.3) is 0 Å². The summed E-state index contributed by atoms with van der Waals surface area (Å²) in [5, 5.41) is 4.56. The molecular weight excluding hydrogens is 355 g/mol. The Morgan fingerprint density at radius 2 is 1.96 bits per heavy atom. The molecule has 124 valence electrons. The van der Waals surface area contributed by atoms with Crippen molar-refractivity contribution in [3.05, 3.63) is 39.0 Å². The van der Waals surface area contributed by atoms with Crippen LogP contribution < -0.4 is 10.1 Å². The molecule has 0 fully saturated rings. The van der Waals surface area contributed by atoms with Gasteiger partial charge in [-0.2, -0.15) is 0 Å². The second-order valence-electron chi connectivity index (χ2n) is 5.20. The van der Waals surface area contributed by atoms with E-state index < -0.39 is 0 Å². The van der Waals surface area contributed by atoms with E-state index in [0.29, 0.717) is 33.0 Å². The molecule has 1 aliphatic heterocycles. The molecule has 0 bridgehead atoms. The molecule has 1 aromatic rings. The lowest BCUT2D eigenvalue weighted by Crippen LogP contribution is -2.47. The number of thiocarbonyl (C=S) groups is 1. The third kappa shape index (κ3) is 3.32. The summed E-state index contributed by atoms with van der Waals surface area (Å²) < 4.78 is 5.17. The topological polar surface area (TPSA) is 41.6 Å². The minimum Gasteiger partial charge on any atom is -0.494 e. The van der Waals surface area contributed by atoms with Gasteiger partial charge in [-0.05, 0) is 50.7 Å². The van der Waals surface area contributed by atoms with E-state index >= 15 is 0 Å². The molecule has 0 radical (unpaired) electrons. The number of allylic oxidation sites excluding steroid dienone is 1. The maximum absolute atomic E-state index is 12.2. The zero-order valence-corrected chi connectivity index (χ0v) is 15.7. The van der Waals surface area contributed by atoms with Gasteiger partial charge < -0.3 is 15.0 Å². The number of nitrogens with zero attached hydrogens (tertiary/aromatic N) is 1. The van der Waals surface area contributed by atoms with Gasteiger partial charge in [0.15, 0.2) is 16.6 Å². The van der Waals surface area contributed by atoms with E-state index in [1.54, 1.807) is 19.1 Å². The van der Waals surface area contributed by atoms with Gasteiger partial charge in [-0.1, -0.05) is 23.2 Å². The van der Waals surface area contributed by atoms with Gasteiger partial charge in [-0.3, -0.25) is 4.79 Å². The van der Waals surface area contributed by atoms with Crippen molar-refractivity contribution in [1.29, 1.82) is 0 Å². The number of halogens is 2. The predicted octanol–water partition coefficient (Wildman–Crippen LogP) is 4.12. The van der Waals surface area contributed by atoms with Crippen LogP contribution >= 0.6 is 35.4 Å². The van der Waals surface area contributed by atoms with Gasteiger partial charge in [-0.25, -0.2) is 0 Å². The van der Waals surface area contributed by atoms with Crippen LogP contribution in [-0.4, -0.2) is 29.5 Å². The normalized spacial score (nSPS) is 18.1. The molecule has 1 aromatic carbocycles. The van der Waals surface area contributed by atoms with Gasteiger partial charge >= 0.3 is 0 Å². The summed E-state index contributed by atoms with van der Waals surface area (Å²) in [5.74, 6) is 0.389. The number of ketones is 1. The fraction of sp³-hybridized carbons (Fsp3) is 0.375. The Morgan fingerprint density at radius 1 is 1.39 bits per heavy atom. The molecule has 4 nitrogen and oxygen atoms in total. The lowest BCUT2D eigenvalue weighted by atomic mass is 9.92. The van der Waals surface area contributed by atoms with E-state index in [1.165, 1.54) is 7.11 Å². The number of rotatable bonds is 4. The minimum absolute atomic E-state index is 0.0241. The van der Waals surface area contributed by atoms with Crippen molar-refractivity contribution in [3.8, 4) is 5.75 Å². The first-order valence-corrected chi connectivity index (χ1v) is 8.30. The largest absolute Gasteiger partial charge is 0.494 e. The molecule has 1 aliphatic rings. The van der Waals surface area contributed by atoms with E-state index in [2.05, 4.69) is 5.32 Å². The predicted molar refractivity (Wildman–Crippen MR) is 97.2 cm³/mol. The summed E-state index contributed by atoms with van der Waals surface area (Å²) in [6, 6.07) is 3.10. The molecule has 0 spiro atoms. The fourth-order valence-corrected chi connectivity index (χ4v) is 3.85. The SMILES string of the molecule is CCN1C(=S)NC(c2cc(Cl)c(OC)c(Cl)c2)C(C(C)=O)=C1C. The summed E-state index contributed by atoms with van der Waals surface area (Å²) in [5.41, 5.74) is 2.26. The molecular formula is C16H18Cl2N2O2S. The number of ether oxygens (including phenoxy) is 1. The molecule has 1 N–H and O–H groups in total. The van der Waals surface area contributed by atoms with Crippen LogP contribution in [0.15, 0.2) is 23.4 Å². The third-order valence-electron chi connectivity index (χ3n) is 3.85. The number of benzene rings is 1. The van der Waals surface area contributed by atoms with Crippen molar-refractivity contribution in [3.63, 3.8) is 0 Å². The Balaban J connectivity index is 2.60. The average molecular weight is 373 g/mol. The molecule has 23 heavy (non-hydrogen) atoms. The monoisotopic (exact) mass is 372 g/mol. The Morgan fingerprint density at radius 3 is 2.39 bits per heavy atom. The minimum atomic E-state index is -0.385. The molecule has 0 amide bonds. The van der Waals surface area contributed by atoms with Crippen molar-refractivity contribution < 1.29 is 9.53 Å². The number of carbonyl (C=O) groups excluding carboxylic acids is 1. The highest BCUT2D eigenvalue weighted by molar-refractivity contribution is 7.80. The summed E-state index contributed by atoms with van der Waals surface area (Å²) in [4.78, 5) is 14.1. The zero-order chi connectivity index (χ0) is 17.3. The van der Waals surface area contributed by atoms with Gasteiger partial charge in [0.25, 0.3) is 0 Å². The third-order valence-corrected chi connectivity index (χ3v) is 4.75. The smallest absolute Gasteiger partial charge is 0.173 e. The molecule has 7 heteroatoms. The maximum atomic E-state index is 12.2. The molecule has 1 unspecified atom stereocenters. The lowest BCUT2D eigenvalue weighted by molar-refractivity contribution is -0.114. The molecule has 0 saturated heterocycles. The van der Waals surface area contributed by atoms with Crippen molar-refractivity contribution >= 4 is 46.3 Å². The van der Waals surface area contributed by atoms with Gasteiger partial charge in [-0.15, -0.1) is 0 Å². The number of hydrogen-bond donors (Lipinski definition) is 1. The van der Waals surface area contributed by atoms with Crippen LogP contribution in [0.1, 0.15) is 32.4 Å². The quantitative estimate of drug-likeness (QED) is 0.805. The van der Waals surface area contributed by atoms with Gasteiger partial charge in [0, 0.05) is 17.8 Å². The standard InChI is InChI=1S/C16H18Cl2N2O2S/c1-5-20-8(2)13(9(3)21)14(19-16(20)23)10-6-11(17)15(22-4)12(18)7-10/h6-7,14H,5H2,1-4H3,(H,19,23). The van der Waals surface area contributed by atoms with E-state index in [4.69, 9.17) is 40.2 Å². The Bertz CT molecular complexity index is 680. The van der Waals surface area contributed by atoms with Crippen molar-refractivity contribution in [2.75, 3.05) is 13.7 Å². The van der Waals surface area contributed by atoms with E-state index in [0.717, 1.165) is 11.3 Å². The van der Waals surface area contributed by atoms with Crippen molar-refractivity contribution in [2.24, 2.45) is 0 Å². The summed E-state index contributed by atoms with van der Waals surface area (Å²) in [6.45, 7) is 6.11. The fourth-order valence-electron chi connectivity index (χ4n) is 2.81. The highest BCUT2D eigenvalue weighted by Gasteiger charge is 2.32. The Hall–Kier alpha value is -1.30. The first-order valence-electron chi connectivity index (χ1n) is 7.14.